The second-order valence-electron chi connectivity index (χ2n) is 11.7. The third-order valence-electron chi connectivity index (χ3n) is 8.95. The fourth-order valence-corrected chi connectivity index (χ4v) is 6.63. The lowest BCUT2D eigenvalue weighted by molar-refractivity contribution is 0.415. The molecule has 0 unspecified atom stereocenters. The predicted molar refractivity (Wildman–Crippen MR) is 188 cm³/mol. The molecule has 0 aliphatic carbocycles. The Morgan fingerprint density at radius 1 is 0.583 bits per heavy atom. The van der Waals surface area contributed by atoms with Gasteiger partial charge in [-0.25, -0.2) is 9.37 Å². The number of rotatable bonds is 8. The summed E-state index contributed by atoms with van der Waals surface area (Å²) in [5.41, 5.74) is 8.59. The van der Waals surface area contributed by atoms with E-state index < -0.39 is 5.54 Å². The molecule has 0 amide bonds. The highest BCUT2D eigenvalue weighted by Crippen LogP contribution is 2.43. The second kappa shape index (κ2) is 12.2. The number of benzene rings is 5. The van der Waals surface area contributed by atoms with E-state index in [2.05, 4.69) is 100 Å². The molecule has 0 N–H and O–H groups in total. The van der Waals surface area contributed by atoms with Crippen LogP contribution < -0.4 is 4.74 Å². The molecule has 0 fully saturated rings. The summed E-state index contributed by atoms with van der Waals surface area (Å²) in [6.07, 6.45) is 6.11. The van der Waals surface area contributed by atoms with E-state index in [-0.39, 0.29) is 5.82 Å². The molecule has 0 bridgehead atoms. The zero-order valence-electron chi connectivity index (χ0n) is 26.2. The maximum Gasteiger partial charge on any atom is 0.138 e. The van der Waals surface area contributed by atoms with Crippen LogP contribution >= 0.6 is 0 Å². The first kappa shape index (κ1) is 29.2. The van der Waals surface area contributed by atoms with Crippen LogP contribution in [0.4, 0.5) is 4.39 Å². The van der Waals surface area contributed by atoms with Crippen LogP contribution in [0.25, 0.3) is 39.3 Å². The summed E-state index contributed by atoms with van der Waals surface area (Å²) in [5, 5.41) is 5.41. The molecular formula is C42H31FN4O. The van der Waals surface area contributed by atoms with Crippen molar-refractivity contribution in [1.82, 2.24) is 19.2 Å². The number of methoxy groups -OCH3 is 1. The molecule has 3 heterocycles. The van der Waals surface area contributed by atoms with Gasteiger partial charge in [0.15, 0.2) is 0 Å². The summed E-state index contributed by atoms with van der Waals surface area (Å²) in [7, 11) is 1.66. The molecule has 0 atom stereocenters. The van der Waals surface area contributed by atoms with E-state index in [1.807, 2.05) is 54.7 Å². The van der Waals surface area contributed by atoms with Crippen LogP contribution in [-0.2, 0) is 5.54 Å². The first-order chi connectivity index (χ1) is 23.6. The van der Waals surface area contributed by atoms with Gasteiger partial charge < -0.3 is 4.74 Å². The molecule has 6 heteroatoms. The van der Waals surface area contributed by atoms with Gasteiger partial charge in [-0.05, 0) is 77.4 Å². The molecule has 0 aliphatic heterocycles. The second-order valence-corrected chi connectivity index (χ2v) is 11.7. The SMILES string of the molecule is COc1ccc(-c2cnc3ccc(-c4cn(C(c5ccccc5)(c5ccccc5)c5ccccc5)nc4-c4ccc(F)cc4)cn23)cc1. The van der Waals surface area contributed by atoms with Crippen molar-refractivity contribution in [2.75, 3.05) is 7.11 Å². The normalized spacial score (nSPS) is 11.5. The van der Waals surface area contributed by atoms with E-state index >= 15 is 0 Å². The van der Waals surface area contributed by atoms with Gasteiger partial charge in [0, 0.05) is 34.6 Å². The number of imidazole rings is 1. The Hall–Kier alpha value is -6.27. The van der Waals surface area contributed by atoms with Crippen LogP contribution in [0.1, 0.15) is 16.7 Å². The maximum atomic E-state index is 14.2. The molecule has 3 aromatic heterocycles. The van der Waals surface area contributed by atoms with Crippen molar-refractivity contribution in [3.05, 3.63) is 193 Å². The van der Waals surface area contributed by atoms with Gasteiger partial charge in [-0.3, -0.25) is 9.08 Å². The molecule has 0 saturated heterocycles. The molecule has 48 heavy (non-hydrogen) atoms. The Kier molecular flexibility index (Phi) is 7.38. The van der Waals surface area contributed by atoms with Gasteiger partial charge in [0.05, 0.1) is 19.0 Å². The van der Waals surface area contributed by atoms with Gasteiger partial charge in [0.1, 0.15) is 28.4 Å². The van der Waals surface area contributed by atoms with Crippen molar-refractivity contribution in [3.8, 4) is 39.4 Å². The lowest BCUT2D eigenvalue weighted by Crippen LogP contribution is -2.38. The summed E-state index contributed by atoms with van der Waals surface area (Å²) in [4.78, 5) is 4.70. The number of ether oxygens (including phenoxy) is 1. The fourth-order valence-electron chi connectivity index (χ4n) is 6.63. The van der Waals surface area contributed by atoms with Crippen LogP contribution in [0, 0.1) is 5.82 Å². The number of aromatic nitrogens is 4. The number of halogens is 1. The Balaban J connectivity index is 1.41. The van der Waals surface area contributed by atoms with Crippen molar-refractivity contribution in [3.63, 3.8) is 0 Å². The summed E-state index contributed by atoms with van der Waals surface area (Å²) in [6, 6.07) is 50.0. The molecule has 0 radical (unpaired) electrons. The highest BCUT2D eigenvalue weighted by Gasteiger charge is 2.40. The highest BCUT2D eigenvalue weighted by atomic mass is 19.1. The molecule has 8 rings (SSSR count). The molecule has 232 valence electrons. The van der Waals surface area contributed by atoms with Crippen LogP contribution in [0.2, 0.25) is 0 Å². The van der Waals surface area contributed by atoms with E-state index in [4.69, 9.17) is 14.8 Å². The summed E-state index contributed by atoms with van der Waals surface area (Å²) < 4.78 is 23.8. The maximum absolute atomic E-state index is 14.2. The summed E-state index contributed by atoms with van der Waals surface area (Å²) in [6.45, 7) is 0. The van der Waals surface area contributed by atoms with Gasteiger partial charge in [-0.1, -0.05) is 91.0 Å². The lowest BCUT2D eigenvalue weighted by atomic mass is 9.77. The summed E-state index contributed by atoms with van der Waals surface area (Å²) in [5.74, 6) is 0.499. The first-order valence-corrected chi connectivity index (χ1v) is 15.8. The fraction of sp³-hybridized carbons (Fsp3) is 0.0476. The number of pyridine rings is 1. The van der Waals surface area contributed by atoms with Gasteiger partial charge in [0.25, 0.3) is 0 Å². The average Bonchev–Trinajstić information content (AvgIpc) is 3.79. The zero-order chi connectivity index (χ0) is 32.5. The highest BCUT2D eigenvalue weighted by molar-refractivity contribution is 5.81. The van der Waals surface area contributed by atoms with E-state index in [1.54, 1.807) is 19.2 Å². The third-order valence-corrected chi connectivity index (χ3v) is 8.95. The predicted octanol–water partition coefficient (Wildman–Crippen LogP) is 9.52. The molecule has 0 aliphatic rings. The van der Waals surface area contributed by atoms with Gasteiger partial charge in [0.2, 0.25) is 0 Å². The molecule has 0 saturated carbocycles. The van der Waals surface area contributed by atoms with E-state index in [9.17, 15) is 4.39 Å². The third kappa shape index (κ3) is 4.95. The smallest absolute Gasteiger partial charge is 0.138 e. The Labute approximate surface area is 278 Å². The average molecular weight is 627 g/mol. The van der Waals surface area contributed by atoms with Crippen LogP contribution in [0.5, 0.6) is 5.75 Å². The van der Waals surface area contributed by atoms with Crippen molar-refractivity contribution in [2.45, 2.75) is 5.54 Å². The van der Waals surface area contributed by atoms with Crippen LogP contribution in [0.3, 0.4) is 0 Å². The number of hydrogen-bond acceptors (Lipinski definition) is 3. The minimum Gasteiger partial charge on any atom is -0.497 e. The minimum atomic E-state index is -0.815. The van der Waals surface area contributed by atoms with Crippen molar-refractivity contribution < 1.29 is 9.13 Å². The van der Waals surface area contributed by atoms with Crippen molar-refractivity contribution in [2.24, 2.45) is 0 Å². The molecule has 8 aromatic rings. The minimum absolute atomic E-state index is 0.295. The Morgan fingerprint density at radius 2 is 1.12 bits per heavy atom. The first-order valence-electron chi connectivity index (χ1n) is 15.8. The monoisotopic (exact) mass is 626 g/mol. The van der Waals surface area contributed by atoms with Gasteiger partial charge in [-0.2, -0.15) is 5.10 Å². The number of nitrogens with zero attached hydrogens (tertiary/aromatic N) is 4. The largest absolute Gasteiger partial charge is 0.497 e. The molecule has 0 spiro atoms. The van der Waals surface area contributed by atoms with Gasteiger partial charge in [-0.15, -0.1) is 0 Å². The van der Waals surface area contributed by atoms with Crippen LogP contribution in [-0.4, -0.2) is 26.3 Å². The van der Waals surface area contributed by atoms with Gasteiger partial charge >= 0.3 is 0 Å². The topological polar surface area (TPSA) is 44.3 Å². The molecule has 5 aromatic carbocycles. The number of hydrogen-bond donors (Lipinski definition) is 0. The standard InChI is InChI=1S/C42H31FN4O/c1-48-37-24-19-30(20-25-37)39-27-44-40-26-21-32(28-46(39)40)38-29-47(45-41(38)31-17-22-36(43)23-18-31)42(33-11-5-2-6-12-33,34-13-7-3-8-14-34)35-15-9-4-10-16-35/h2-29H,1H3. The summed E-state index contributed by atoms with van der Waals surface area (Å²) >= 11 is 0. The van der Waals surface area contributed by atoms with E-state index in [0.717, 1.165) is 61.7 Å². The van der Waals surface area contributed by atoms with Crippen molar-refractivity contribution in [1.29, 1.82) is 0 Å². The Bertz CT molecular complexity index is 2220. The lowest BCUT2D eigenvalue weighted by Gasteiger charge is -2.36. The Morgan fingerprint density at radius 3 is 1.69 bits per heavy atom. The van der Waals surface area contributed by atoms with Crippen molar-refractivity contribution >= 4 is 5.65 Å². The molecular weight excluding hydrogens is 595 g/mol. The zero-order valence-corrected chi connectivity index (χ0v) is 26.2. The number of fused-ring (bicyclic) bond motifs is 1. The molecule has 5 nitrogen and oxygen atoms in total. The quantitative estimate of drug-likeness (QED) is 0.158. The van der Waals surface area contributed by atoms with E-state index in [0.29, 0.717) is 0 Å². The van der Waals surface area contributed by atoms with E-state index in [1.165, 1.54) is 12.1 Å². The van der Waals surface area contributed by atoms with Crippen LogP contribution in [0.15, 0.2) is 170 Å².